The summed E-state index contributed by atoms with van der Waals surface area (Å²) in [7, 11) is 1.48. The summed E-state index contributed by atoms with van der Waals surface area (Å²) in [6.45, 7) is 5.70. The molecular weight excluding hydrogens is 1140 g/mol. The van der Waals surface area contributed by atoms with Crippen LogP contribution < -0.4 is 70.6 Å². The number of aromatic amines is 1. The van der Waals surface area contributed by atoms with Gasteiger partial charge in [0.15, 0.2) is 5.96 Å². The fourth-order valence-electron chi connectivity index (χ4n) is 9.74. The van der Waals surface area contributed by atoms with E-state index >= 15 is 0 Å². The van der Waals surface area contributed by atoms with Crippen molar-refractivity contribution < 1.29 is 68.1 Å². The zero-order valence-electron chi connectivity index (χ0n) is 49.5. The zero-order chi connectivity index (χ0) is 64.8. The highest BCUT2D eigenvalue weighted by molar-refractivity contribution is 5.99. The van der Waals surface area contributed by atoms with Crippen LogP contribution in [0.25, 0.3) is 10.9 Å². The van der Waals surface area contributed by atoms with Crippen LogP contribution in [-0.4, -0.2) is 177 Å². The van der Waals surface area contributed by atoms with Gasteiger partial charge in [-0.15, -0.1) is 0 Å². The number of likely N-dealkylation sites (tertiary alicyclic amines) is 1. The Morgan fingerprint density at radius 1 is 0.670 bits per heavy atom. The van der Waals surface area contributed by atoms with Crippen LogP contribution in [0, 0.1) is 5.92 Å². The van der Waals surface area contributed by atoms with E-state index in [0.717, 1.165) is 22.7 Å². The van der Waals surface area contributed by atoms with Crippen LogP contribution in [0.15, 0.2) is 90.1 Å². The molecule has 0 aliphatic carbocycles. The molecule has 5 rings (SSSR count). The number of carbonyl (C=O) groups excluding carboxylic acids is 11. The fourth-order valence-corrected chi connectivity index (χ4v) is 9.74. The second kappa shape index (κ2) is 33.2. The van der Waals surface area contributed by atoms with Crippen molar-refractivity contribution >= 4 is 82.0 Å². The first-order chi connectivity index (χ1) is 41.7. The van der Waals surface area contributed by atoms with E-state index in [-0.39, 0.29) is 75.7 Å². The maximum Gasteiger partial charge on any atom is 0.334 e. The van der Waals surface area contributed by atoms with Crippen molar-refractivity contribution in [2.24, 2.45) is 28.1 Å². The number of nitrogens with two attached hydrogens (primary N) is 3. The number of hydrogen-bond acceptors (Lipinski definition) is 15. The van der Waals surface area contributed by atoms with Gasteiger partial charge < -0.3 is 84.9 Å². The van der Waals surface area contributed by atoms with E-state index in [4.69, 9.17) is 17.2 Å². The molecule has 0 saturated carbocycles. The summed E-state index contributed by atoms with van der Waals surface area (Å²) in [5.74, 6) is -9.47. The van der Waals surface area contributed by atoms with Gasteiger partial charge in [0.2, 0.25) is 53.2 Å². The van der Waals surface area contributed by atoms with E-state index in [2.05, 4.69) is 63.4 Å². The fraction of sp³-hybridized carbons (Fsp3) is 0.448. The van der Waals surface area contributed by atoms with Gasteiger partial charge in [0.1, 0.15) is 54.1 Å². The highest BCUT2D eigenvalue weighted by Gasteiger charge is 2.43. The molecule has 0 radical (unpaired) electrons. The number of para-hydroxylation sites is 1. The molecule has 10 atom stereocenters. The lowest BCUT2D eigenvalue weighted by molar-refractivity contribution is -0.142. The summed E-state index contributed by atoms with van der Waals surface area (Å²) in [6.07, 6.45) is -2.45. The Kier molecular flexibility index (Phi) is 26.0. The Hall–Kier alpha value is -9.84. The average molecular weight is 1230 g/mol. The van der Waals surface area contributed by atoms with Crippen molar-refractivity contribution in [1.82, 2.24) is 63.3 Å². The first kappa shape index (κ1) is 68.9. The third-order valence-electron chi connectivity index (χ3n) is 14.2. The number of carbonyl (C=O) groups is 11. The zero-order valence-corrected chi connectivity index (χ0v) is 49.5. The van der Waals surface area contributed by atoms with Crippen molar-refractivity contribution in [1.29, 1.82) is 0 Å². The summed E-state index contributed by atoms with van der Waals surface area (Å²) in [4.78, 5) is 157. The van der Waals surface area contributed by atoms with E-state index in [1.54, 1.807) is 50.4 Å². The number of hydrogen-bond donors (Lipinski definition) is 17. The lowest BCUT2D eigenvalue weighted by Crippen LogP contribution is -2.62. The van der Waals surface area contributed by atoms with Gasteiger partial charge in [-0.3, -0.25) is 58.4 Å². The molecule has 0 unspecified atom stereocenters. The van der Waals surface area contributed by atoms with E-state index < -0.39 is 132 Å². The molecule has 476 valence electrons. The Bertz CT molecular complexity index is 3140. The molecule has 12 amide bonds. The van der Waals surface area contributed by atoms with E-state index in [1.165, 1.54) is 38.2 Å². The van der Waals surface area contributed by atoms with Crippen LogP contribution in [0.3, 0.4) is 0 Å². The van der Waals surface area contributed by atoms with Crippen molar-refractivity contribution in [3.8, 4) is 5.75 Å². The summed E-state index contributed by atoms with van der Waals surface area (Å²) in [5.41, 5.74) is 23.9. The summed E-state index contributed by atoms with van der Waals surface area (Å²) in [5, 5.41) is 52.5. The topological polar surface area (TPSA) is 478 Å². The largest absolute Gasteiger partial charge is 0.508 e. The van der Waals surface area contributed by atoms with Crippen LogP contribution in [0.2, 0.25) is 0 Å². The summed E-state index contributed by atoms with van der Waals surface area (Å²) in [6, 6.07) is 8.44. The monoisotopic (exact) mass is 1220 g/mol. The predicted octanol–water partition coefficient (Wildman–Crippen LogP) is -3.41. The molecule has 1 aliphatic heterocycles. The SMILES string of the molecule is CN=C(N)NCCC[C@H](NC(=O)[C@H](CC(C)C)NC(=O)NNC(=O)[C@H](Cc1ccccc1)NC(=O)[C@H](NC(=O)[C@H](CC(N)=O)NC(=O)[C@@H]1C[C@@H](O)CN1C(=O)[C@@H](Cc1ccc(O)cc1)NC(C)=O)[C@@H](C)O)C(=O)N[C@@H](Cc1c[nH]c2ccccc12)C(N)=O. The number of aliphatic imine (C=N–C) groups is 1. The summed E-state index contributed by atoms with van der Waals surface area (Å²) >= 11 is 0. The van der Waals surface area contributed by atoms with Gasteiger partial charge in [0.25, 0.3) is 5.91 Å². The predicted molar refractivity (Wildman–Crippen MR) is 320 cm³/mol. The standard InChI is InChI=1S/C58H80N16O14/c1-30(2)22-42(51(82)66-40(16-11-21-63-57(61)62-5)50(81)67-41(49(60)80)25-35-28-64-39-15-10-9-14-38(35)39)70-58(88)73-72-53(84)43(23-33-12-7-6-8-13-33)69-55(86)48(31(3)75)71-52(83)44(27-47(59)79)68-54(85)46-26-37(78)29-74(46)56(87)45(65-32(4)76)24-34-17-19-36(77)20-18-34/h6-10,12-15,17-20,28,30-31,37,40-46,48,64,75,77-78H,11,16,21-27,29H2,1-5H3,(H2,59,79)(H2,60,80)(H,65,76)(H,66,82)(H,67,81)(H,68,85)(H,69,86)(H,71,83)(H,72,84)(H3,61,62,63)(H2,70,73,88)/t31-,37-,40+,41+,42+,43+,44+,45-,46+,48-/m1/s1. The minimum absolute atomic E-state index is 0.0122. The van der Waals surface area contributed by atoms with Gasteiger partial charge in [-0.25, -0.2) is 10.2 Å². The van der Waals surface area contributed by atoms with Crippen LogP contribution in [-0.2, 0) is 67.2 Å². The number of rotatable bonds is 30. The molecular formula is C58H80N16O14. The first-order valence-corrected chi connectivity index (χ1v) is 28.5. The highest BCUT2D eigenvalue weighted by Crippen LogP contribution is 2.23. The molecule has 1 fully saturated rings. The molecule has 2 heterocycles. The van der Waals surface area contributed by atoms with Gasteiger partial charge in [-0.2, -0.15) is 0 Å². The minimum Gasteiger partial charge on any atom is -0.508 e. The van der Waals surface area contributed by atoms with E-state index in [1.807, 2.05) is 24.3 Å². The molecule has 88 heavy (non-hydrogen) atoms. The number of phenols is 1. The van der Waals surface area contributed by atoms with E-state index in [0.29, 0.717) is 16.7 Å². The lowest BCUT2D eigenvalue weighted by atomic mass is 10.0. The number of aromatic hydroxyl groups is 1. The Morgan fingerprint density at radius 2 is 1.28 bits per heavy atom. The molecule has 0 bridgehead atoms. The number of hydrazine groups is 1. The number of guanidine groups is 1. The molecule has 20 N–H and O–H groups in total. The lowest BCUT2D eigenvalue weighted by Gasteiger charge is -2.30. The minimum atomic E-state index is -1.89. The maximum absolute atomic E-state index is 14.1. The van der Waals surface area contributed by atoms with Gasteiger partial charge >= 0.3 is 6.03 Å². The van der Waals surface area contributed by atoms with Crippen molar-refractivity contribution in [3.05, 3.63) is 102 Å². The van der Waals surface area contributed by atoms with Gasteiger partial charge in [-0.05, 0) is 67.0 Å². The number of nitrogens with zero attached hydrogens (tertiary/aromatic N) is 2. The van der Waals surface area contributed by atoms with Crippen molar-refractivity contribution in [3.63, 3.8) is 0 Å². The molecule has 3 aromatic carbocycles. The number of aliphatic hydroxyl groups excluding tert-OH is 2. The van der Waals surface area contributed by atoms with Crippen LogP contribution >= 0.6 is 0 Å². The first-order valence-electron chi connectivity index (χ1n) is 28.5. The Labute approximate surface area is 507 Å². The second-order valence-electron chi connectivity index (χ2n) is 21.8. The van der Waals surface area contributed by atoms with Crippen LogP contribution in [0.4, 0.5) is 4.79 Å². The quantitative estimate of drug-likeness (QED) is 0.0105. The number of H-pyrrole nitrogens is 1. The number of nitrogens with one attached hydrogen (secondary N) is 11. The number of phenolic OH excluding ortho intramolecular Hbond substituents is 1. The molecule has 0 spiro atoms. The van der Waals surface area contributed by atoms with Gasteiger partial charge in [0.05, 0.1) is 18.6 Å². The summed E-state index contributed by atoms with van der Waals surface area (Å²) < 4.78 is 0. The molecule has 1 aliphatic rings. The highest BCUT2D eigenvalue weighted by atomic mass is 16.3. The van der Waals surface area contributed by atoms with Gasteiger partial charge in [-0.1, -0.05) is 74.5 Å². The number of fused-ring (bicyclic) bond motifs is 1. The molecule has 30 heteroatoms. The smallest absolute Gasteiger partial charge is 0.334 e. The average Bonchev–Trinajstić information content (AvgIpc) is 2.76. The number of benzene rings is 3. The number of primary amides is 2. The second-order valence-corrected chi connectivity index (χ2v) is 21.8. The maximum atomic E-state index is 14.1. The van der Waals surface area contributed by atoms with Crippen molar-refractivity contribution in [2.75, 3.05) is 20.1 Å². The van der Waals surface area contributed by atoms with Crippen LogP contribution in [0.5, 0.6) is 5.75 Å². The molecule has 4 aromatic rings. The number of aromatic nitrogens is 1. The Morgan fingerprint density at radius 3 is 1.92 bits per heavy atom. The van der Waals surface area contributed by atoms with Crippen molar-refractivity contribution in [2.45, 2.75) is 140 Å². The molecule has 30 nitrogen and oxygen atoms in total. The van der Waals surface area contributed by atoms with Crippen LogP contribution in [0.1, 0.15) is 76.5 Å². The van der Waals surface area contributed by atoms with Gasteiger partial charge in [0, 0.05) is 69.8 Å². The third kappa shape index (κ3) is 21.3. The molecule has 1 saturated heterocycles. The Balaban J connectivity index is 1.28. The number of β-amino-alcohol motifs (C(OH)–C–C–N with tert-alkyl or cyclic N) is 1. The number of aliphatic hydroxyl groups is 2. The number of urea groups is 1. The molecule has 1 aromatic heterocycles. The normalized spacial score (nSPS) is 16.6. The van der Waals surface area contributed by atoms with E-state index in [9.17, 15) is 68.1 Å². The third-order valence-corrected chi connectivity index (χ3v) is 14.2. The number of amides is 12.